The van der Waals surface area contributed by atoms with Gasteiger partial charge in [-0.15, -0.1) is 5.10 Å². The summed E-state index contributed by atoms with van der Waals surface area (Å²) in [6.45, 7) is 0. The number of hydrogen-bond acceptors (Lipinski definition) is 7. The maximum Gasteiger partial charge on any atom is 0.339 e. The molecule has 9 nitrogen and oxygen atoms in total. The van der Waals surface area contributed by atoms with Crippen molar-refractivity contribution >= 4 is 23.5 Å². The van der Waals surface area contributed by atoms with E-state index in [1.807, 2.05) is 0 Å². The molecule has 0 aliphatic heterocycles. The van der Waals surface area contributed by atoms with Crippen LogP contribution in [-0.2, 0) is 16.5 Å². The summed E-state index contributed by atoms with van der Waals surface area (Å²) in [5, 5.41) is 9.84. The van der Waals surface area contributed by atoms with Crippen LogP contribution >= 0.6 is 0 Å². The highest BCUT2D eigenvalue weighted by molar-refractivity contribution is 6.08. The molecule has 2 aromatic rings. The van der Waals surface area contributed by atoms with E-state index >= 15 is 0 Å². The molecular weight excluding hydrogens is 304 g/mol. The summed E-state index contributed by atoms with van der Waals surface area (Å²) in [7, 11) is 4.06. The molecule has 1 amide bonds. The van der Waals surface area contributed by atoms with Crippen molar-refractivity contribution in [2.24, 2.45) is 7.05 Å². The number of ether oxygens (including phenoxy) is 2. The van der Waals surface area contributed by atoms with Gasteiger partial charge < -0.3 is 14.8 Å². The molecule has 1 aromatic heterocycles. The van der Waals surface area contributed by atoms with Crippen molar-refractivity contribution < 1.29 is 23.9 Å². The summed E-state index contributed by atoms with van der Waals surface area (Å²) in [4.78, 5) is 35.5. The highest BCUT2D eigenvalue weighted by Crippen LogP contribution is 2.20. The minimum atomic E-state index is -0.657. The minimum Gasteiger partial charge on any atom is -0.465 e. The molecule has 23 heavy (non-hydrogen) atoms. The first-order chi connectivity index (χ1) is 11.0. The monoisotopic (exact) mass is 318 g/mol. The minimum absolute atomic E-state index is 0.0618. The predicted molar refractivity (Wildman–Crippen MR) is 78.1 cm³/mol. The van der Waals surface area contributed by atoms with E-state index in [4.69, 9.17) is 0 Å². The molecular formula is C14H14N4O5. The first-order valence-corrected chi connectivity index (χ1v) is 6.44. The Labute approximate surface area is 131 Å². The van der Waals surface area contributed by atoms with Crippen molar-refractivity contribution in [3.63, 3.8) is 0 Å². The topological polar surface area (TPSA) is 112 Å². The fraction of sp³-hybridized carbons (Fsp3) is 0.214. The van der Waals surface area contributed by atoms with E-state index < -0.39 is 17.8 Å². The number of rotatable bonds is 4. The van der Waals surface area contributed by atoms with Crippen LogP contribution in [0.2, 0.25) is 0 Å². The van der Waals surface area contributed by atoms with Crippen LogP contribution in [0.1, 0.15) is 31.2 Å². The maximum absolute atomic E-state index is 12.1. The fourth-order valence-corrected chi connectivity index (χ4v) is 1.82. The van der Waals surface area contributed by atoms with Crippen LogP contribution in [0.25, 0.3) is 0 Å². The number of carbonyl (C=O) groups is 3. The lowest BCUT2D eigenvalue weighted by Gasteiger charge is -2.10. The maximum atomic E-state index is 12.1. The van der Waals surface area contributed by atoms with Crippen molar-refractivity contribution in [3.05, 3.63) is 41.2 Å². The van der Waals surface area contributed by atoms with Gasteiger partial charge in [0.2, 0.25) is 0 Å². The third-order valence-corrected chi connectivity index (χ3v) is 2.93. The number of methoxy groups -OCH3 is 2. The summed E-state index contributed by atoms with van der Waals surface area (Å²) in [5.74, 6) is -1.84. The number of carbonyl (C=O) groups excluding carboxylic acids is 3. The molecule has 0 bridgehead atoms. The Bertz CT molecular complexity index is 768. The molecule has 0 saturated carbocycles. The standard InChI is InChI=1S/C14H14N4O5/c1-18-7-11(16-17-18)12(19)15-10-6-8(13(20)22-2)4-5-9(10)14(21)23-3/h4-7H,1-3H3,(H,15,19). The third-order valence-electron chi connectivity index (χ3n) is 2.93. The van der Waals surface area contributed by atoms with Gasteiger partial charge in [-0.2, -0.15) is 0 Å². The average Bonchev–Trinajstić information content (AvgIpc) is 3.00. The number of hydrogen-bond donors (Lipinski definition) is 1. The van der Waals surface area contributed by atoms with E-state index in [2.05, 4.69) is 25.1 Å². The van der Waals surface area contributed by atoms with Crippen molar-refractivity contribution in [2.45, 2.75) is 0 Å². The van der Waals surface area contributed by atoms with Crippen LogP contribution < -0.4 is 5.32 Å². The number of nitrogens with one attached hydrogen (secondary N) is 1. The highest BCUT2D eigenvalue weighted by Gasteiger charge is 2.19. The van der Waals surface area contributed by atoms with E-state index in [0.29, 0.717) is 0 Å². The lowest BCUT2D eigenvalue weighted by atomic mass is 10.1. The molecule has 0 unspecified atom stereocenters. The van der Waals surface area contributed by atoms with Crippen LogP contribution in [-0.4, -0.2) is 47.1 Å². The molecule has 0 radical (unpaired) electrons. The molecule has 2 rings (SSSR count). The van der Waals surface area contributed by atoms with Crippen molar-refractivity contribution in [3.8, 4) is 0 Å². The first-order valence-electron chi connectivity index (χ1n) is 6.44. The van der Waals surface area contributed by atoms with Gasteiger partial charge in [-0.3, -0.25) is 9.48 Å². The Balaban J connectivity index is 2.38. The molecule has 0 aliphatic rings. The van der Waals surface area contributed by atoms with Crippen molar-refractivity contribution in [1.29, 1.82) is 0 Å². The lowest BCUT2D eigenvalue weighted by Crippen LogP contribution is -2.17. The molecule has 9 heteroatoms. The molecule has 120 valence electrons. The summed E-state index contributed by atoms with van der Waals surface area (Å²) in [6, 6.07) is 4.09. The van der Waals surface area contributed by atoms with Gasteiger partial charge >= 0.3 is 11.9 Å². The summed E-state index contributed by atoms with van der Waals surface area (Å²) < 4.78 is 10.6. The number of aromatic nitrogens is 3. The molecule has 0 saturated heterocycles. The van der Waals surface area contributed by atoms with Gasteiger partial charge in [0, 0.05) is 7.05 Å². The van der Waals surface area contributed by atoms with Crippen LogP contribution in [0.3, 0.4) is 0 Å². The van der Waals surface area contributed by atoms with Gasteiger partial charge in [-0.25, -0.2) is 9.59 Å². The molecule has 1 N–H and O–H groups in total. The van der Waals surface area contributed by atoms with Gasteiger partial charge in [-0.05, 0) is 18.2 Å². The Morgan fingerprint density at radius 1 is 1.13 bits per heavy atom. The predicted octanol–water partition coefficient (Wildman–Crippen LogP) is 0.641. The summed E-state index contributed by atoms with van der Waals surface area (Å²) >= 11 is 0. The molecule has 0 fully saturated rings. The van der Waals surface area contributed by atoms with Crippen LogP contribution in [0, 0.1) is 0 Å². The number of benzene rings is 1. The lowest BCUT2D eigenvalue weighted by molar-refractivity contribution is 0.0587. The van der Waals surface area contributed by atoms with Gasteiger partial charge in [0.05, 0.1) is 37.2 Å². The second-order valence-corrected chi connectivity index (χ2v) is 4.48. The zero-order valence-corrected chi connectivity index (χ0v) is 12.7. The zero-order chi connectivity index (χ0) is 17.0. The van der Waals surface area contributed by atoms with E-state index in [0.717, 1.165) is 0 Å². The van der Waals surface area contributed by atoms with Gasteiger partial charge in [0.1, 0.15) is 0 Å². The Kier molecular flexibility index (Phi) is 4.69. The molecule has 0 spiro atoms. The van der Waals surface area contributed by atoms with E-state index in [9.17, 15) is 14.4 Å². The quantitative estimate of drug-likeness (QED) is 0.823. The van der Waals surface area contributed by atoms with E-state index in [1.165, 1.54) is 43.3 Å². The number of nitrogens with zero attached hydrogens (tertiary/aromatic N) is 3. The second-order valence-electron chi connectivity index (χ2n) is 4.48. The van der Waals surface area contributed by atoms with E-state index in [-0.39, 0.29) is 22.5 Å². The number of amides is 1. The number of anilines is 1. The number of aryl methyl sites for hydroxylation is 1. The first kappa shape index (κ1) is 16.1. The van der Waals surface area contributed by atoms with Crippen LogP contribution in [0.5, 0.6) is 0 Å². The van der Waals surface area contributed by atoms with Crippen LogP contribution in [0.4, 0.5) is 5.69 Å². The Hall–Kier alpha value is -3.23. The largest absolute Gasteiger partial charge is 0.465 e. The number of esters is 2. The van der Waals surface area contributed by atoms with Gasteiger partial charge in [0.25, 0.3) is 5.91 Å². The zero-order valence-electron chi connectivity index (χ0n) is 12.7. The SMILES string of the molecule is COC(=O)c1ccc(C(=O)OC)c(NC(=O)c2cn(C)nn2)c1. The second kappa shape index (κ2) is 6.69. The van der Waals surface area contributed by atoms with Gasteiger partial charge in [0.15, 0.2) is 5.69 Å². The smallest absolute Gasteiger partial charge is 0.339 e. The van der Waals surface area contributed by atoms with Crippen molar-refractivity contribution in [2.75, 3.05) is 19.5 Å². The average molecular weight is 318 g/mol. The van der Waals surface area contributed by atoms with Crippen molar-refractivity contribution in [1.82, 2.24) is 15.0 Å². The third kappa shape index (κ3) is 3.51. The Morgan fingerprint density at radius 2 is 1.83 bits per heavy atom. The molecule has 1 aromatic carbocycles. The van der Waals surface area contributed by atoms with Gasteiger partial charge in [-0.1, -0.05) is 5.21 Å². The summed E-state index contributed by atoms with van der Waals surface area (Å²) in [5.41, 5.74) is 0.439. The van der Waals surface area contributed by atoms with E-state index in [1.54, 1.807) is 7.05 Å². The fourth-order valence-electron chi connectivity index (χ4n) is 1.82. The normalized spacial score (nSPS) is 10.0. The molecule has 0 atom stereocenters. The molecule has 1 heterocycles. The Morgan fingerprint density at radius 3 is 2.39 bits per heavy atom. The molecule has 0 aliphatic carbocycles. The highest BCUT2D eigenvalue weighted by atomic mass is 16.5. The van der Waals surface area contributed by atoms with Crippen LogP contribution in [0.15, 0.2) is 24.4 Å². The summed E-state index contributed by atoms with van der Waals surface area (Å²) in [6.07, 6.45) is 1.41.